The molecule has 2 N–H and O–H groups in total. The normalized spacial score (nSPS) is 18.1. The number of hydrogen-bond donors (Lipinski definition) is 1. The number of piperidine rings is 1. The van der Waals surface area contributed by atoms with Gasteiger partial charge < -0.3 is 15.4 Å². The molecule has 1 fully saturated rings. The quantitative estimate of drug-likeness (QED) is 0.915. The summed E-state index contributed by atoms with van der Waals surface area (Å²) in [5.74, 6) is 0.657. The molecule has 0 spiro atoms. The number of amides is 1. The molecule has 1 aromatic carbocycles. The van der Waals surface area contributed by atoms with E-state index in [1.807, 2.05) is 29.2 Å². The molecule has 110 valence electrons. The van der Waals surface area contributed by atoms with E-state index in [1.54, 1.807) is 7.11 Å². The van der Waals surface area contributed by atoms with Gasteiger partial charge in [0.1, 0.15) is 0 Å². The second-order valence-electron chi connectivity index (χ2n) is 5.62. The van der Waals surface area contributed by atoms with Crippen LogP contribution in [0.1, 0.15) is 35.7 Å². The number of ether oxygens (including phenoxy) is 1. The van der Waals surface area contributed by atoms with Crippen LogP contribution in [-0.2, 0) is 11.3 Å². The van der Waals surface area contributed by atoms with Crippen molar-refractivity contribution in [3.63, 3.8) is 0 Å². The average Bonchev–Trinajstić information content (AvgIpc) is 2.47. The maximum absolute atomic E-state index is 12.5. The van der Waals surface area contributed by atoms with Gasteiger partial charge in [0, 0.05) is 31.8 Å². The van der Waals surface area contributed by atoms with E-state index in [2.05, 4.69) is 6.92 Å². The first-order valence-corrected chi connectivity index (χ1v) is 7.24. The molecule has 20 heavy (non-hydrogen) atoms. The Morgan fingerprint density at radius 1 is 1.45 bits per heavy atom. The van der Waals surface area contributed by atoms with E-state index in [0.717, 1.165) is 37.1 Å². The maximum atomic E-state index is 12.5. The molecule has 2 rings (SSSR count). The number of carbonyl (C=O) groups excluding carboxylic acids is 1. The smallest absolute Gasteiger partial charge is 0.253 e. The largest absolute Gasteiger partial charge is 0.380 e. The predicted octanol–water partition coefficient (Wildman–Crippen LogP) is 2.03. The minimum Gasteiger partial charge on any atom is -0.380 e. The number of nitrogens with zero attached hydrogens (tertiary/aromatic N) is 1. The lowest BCUT2D eigenvalue weighted by Gasteiger charge is -2.33. The number of methoxy groups -OCH3 is 1. The third-order valence-corrected chi connectivity index (χ3v) is 4.06. The molecule has 0 bridgehead atoms. The third-order valence-electron chi connectivity index (χ3n) is 4.06. The lowest BCUT2D eigenvalue weighted by molar-refractivity contribution is 0.0680. The van der Waals surface area contributed by atoms with Gasteiger partial charge >= 0.3 is 0 Å². The first-order chi connectivity index (χ1) is 9.61. The molecular formula is C16H24N2O2. The van der Waals surface area contributed by atoms with Crippen molar-refractivity contribution < 1.29 is 9.53 Å². The number of likely N-dealkylation sites (tertiary alicyclic amines) is 1. The van der Waals surface area contributed by atoms with E-state index in [1.165, 1.54) is 0 Å². The molecule has 0 radical (unpaired) electrons. The second-order valence-corrected chi connectivity index (χ2v) is 5.62. The van der Waals surface area contributed by atoms with Crippen molar-refractivity contribution in [1.29, 1.82) is 0 Å². The van der Waals surface area contributed by atoms with Gasteiger partial charge in [-0.15, -0.1) is 0 Å². The Hall–Kier alpha value is -1.39. The molecule has 1 aromatic rings. The first-order valence-electron chi connectivity index (χ1n) is 7.24. The van der Waals surface area contributed by atoms with E-state index in [-0.39, 0.29) is 11.9 Å². The van der Waals surface area contributed by atoms with Crippen molar-refractivity contribution in [3.05, 3.63) is 35.4 Å². The van der Waals surface area contributed by atoms with Crippen molar-refractivity contribution in [2.24, 2.45) is 11.7 Å². The van der Waals surface area contributed by atoms with Crippen LogP contribution in [0.15, 0.2) is 24.3 Å². The molecule has 1 aliphatic heterocycles. The van der Waals surface area contributed by atoms with E-state index in [9.17, 15) is 4.79 Å². The summed E-state index contributed by atoms with van der Waals surface area (Å²) in [7, 11) is 1.66. The topological polar surface area (TPSA) is 55.6 Å². The molecule has 1 unspecified atom stereocenters. The van der Waals surface area contributed by atoms with E-state index >= 15 is 0 Å². The summed E-state index contributed by atoms with van der Waals surface area (Å²) in [6.45, 7) is 4.20. The van der Waals surface area contributed by atoms with Gasteiger partial charge in [0.25, 0.3) is 5.91 Å². The zero-order valence-corrected chi connectivity index (χ0v) is 12.3. The number of benzene rings is 1. The van der Waals surface area contributed by atoms with Crippen LogP contribution in [0, 0.1) is 5.92 Å². The Kier molecular flexibility index (Phi) is 5.15. The summed E-state index contributed by atoms with van der Waals surface area (Å²) in [4.78, 5) is 14.4. The van der Waals surface area contributed by atoms with Gasteiger partial charge in [0.2, 0.25) is 0 Å². The molecule has 1 amide bonds. The van der Waals surface area contributed by atoms with Gasteiger partial charge in [0.05, 0.1) is 6.61 Å². The second kappa shape index (κ2) is 6.86. The number of nitrogens with two attached hydrogens (primary N) is 1. The third kappa shape index (κ3) is 3.58. The Bertz CT molecular complexity index is 452. The highest BCUT2D eigenvalue weighted by Gasteiger charge is 2.25. The highest BCUT2D eigenvalue weighted by Crippen LogP contribution is 2.21. The fraction of sp³-hybridized carbons (Fsp3) is 0.562. The van der Waals surface area contributed by atoms with Crippen LogP contribution in [0.5, 0.6) is 0 Å². The standard InChI is InChI=1S/C16H24N2O2/c1-12(17)14-6-8-18(9-7-14)16(19)15-5-3-4-13(10-15)11-20-2/h3-5,10,12,14H,6-9,11,17H2,1-2H3. The minimum absolute atomic E-state index is 0.117. The van der Waals surface area contributed by atoms with Gasteiger partial charge in [-0.2, -0.15) is 0 Å². The molecule has 0 saturated carbocycles. The molecule has 1 saturated heterocycles. The Balaban J connectivity index is 2.00. The van der Waals surface area contributed by atoms with Crippen LogP contribution < -0.4 is 5.73 Å². The highest BCUT2D eigenvalue weighted by atomic mass is 16.5. The SMILES string of the molecule is COCc1cccc(C(=O)N2CCC(C(C)N)CC2)c1. The summed E-state index contributed by atoms with van der Waals surface area (Å²) in [5.41, 5.74) is 7.72. The maximum Gasteiger partial charge on any atom is 0.253 e. The number of carbonyl (C=O) groups is 1. The molecular weight excluding hydrogens is 252 g/mol. The van der Waals surface area contributed by atoms with Gasteiger partial charge in [0.15, 0.2) is 0 Å². The molecule has 1 aliphatic rings. The van der Waals surface area contributed by atoms with Crippen molar-refractivity contribution in [2.45, 2.75) is 32.4 Å². The molecule has 4 heteroatoms. The summed E-state index contributed by atoms with van der Waals surface area (Å²) in [5, 5.41) is 0. The number of rotatable bonds is 4. The van der Waals surface area contributed by atoms with Crippen molar-refractivity contribution in [1.82, 2.24) is 4.90 Å². The van der Waals surface area contributed by atoms with Gasteiger partial charge in [-0.25, -0.2) is 0 Å². The van der Waals surface area contributed by atoms with Crippen molar-refractivity contribution in [3.8, 4) is 0 Å². The van der Waals surface area contributed by atoms with Crippen LogP contribution in [0.4, 0.5) is 0 Å². The average molecular weight is 276 g/mol. The molecule has 1 heterocycles. The van der Waals surface area contributed by atoms with E-state index < -0.39 is 0 Å². The lowest BCUT2D eigenvalue weighted by atomic mass is 9.90. The predicted molar refractivity (Wildman–Crippen MR) is 79.4 cm³/mol. The molecule has 1 atom stereocenters. The van der Waals surface area contributed by atoms with Crippen LogP contribution in [0.25, 0.3) is 0 Å². The van der Waals surface area contributed by atoms with Crippen LogP contribution in [-0.4, -0.2) is 37.0 Å². The fourth-order valence-electron chi connectivity index (χ4n) is 2.77. The molecule has 4 nitrogen and oxygen atoms in total. The summed E-state index contributed by atoms with van der Waals surface area (Å²) < 4.78 is 5.11. The Morgan fingerprint density at radius 2 is 2.15 bits per heavy atom. The zero-order chi connectivity index (χ0) is 14.5. The summed E-state index contributed by atoms with van der Waals surface area (Å²) in [6.07, 6.45) is 2.00. The van der Waals surface area contributed by atoms with Gasteiger partial charge in [-0.05, 0) is 43.4 Å². The van der Waals surface area contributed by atoms with Crippen LogP contribution in [0.3, 0.4) is 0 Å². The molecule has 0 aromatic heterocycles. The minimum atomic E-state index is 0.117. The van der Waals surface area contributed by atoms with Crippen LogP contribution in [0.2, 0.25) is 0 Å². The molecule has 0 aliphatic carbocycles. The number of hydrogen-bond acceptors (Lipinski definition) is 3. The Labute approximate surface area is 120 Å². The summed E-state index contributed by atoms with van der Waals surface area (Å²) in [6, 6.07) is 7.90. The monoisotopic (exact) mass is 276 g/mol. The Morgan fingerprint density at radius 3 is 2.75 bits per heavy atom. The van der Waals surface area contributed by atoms with Crippen molar-refractivity contribution >= 4 is 5.91 Å². The van der Waals surface area contributed by atoms with Gasteiger partial charge in [-0.1, -0.05) is 12.1 Å². The first kappa shape index (κ1) is 15.0. The van der Waals surface area contributed by atoms with E-state index in [4.69, 9.17) is 10.5 Å². The zero-order valence-electron chi connectivity index (χ0n) is 12.3. The van der Waals surface area contributed by atoms with Crippen LogP contribution >= 0.6 is 0 Å². The van der Waals surface area contributed by atoms with E-state index in [0.29, 0.717) is 12.5 Å². The lowest BCUT2D eigenvalue weighted by Crippen LogP contribution is -2.42. The highest BCUT2D eigenvalue weighted by molar-refractivity contribution is 5.94. The fourth-order valence-corrected chi connectivity index (χ4v) is 2.77. The summed E-state index contributed by atoms with van der Waals surface area (Å²) >= 11 is 0. The van der Waals surface area contributed by atoms with Gasteiger partial charge in [-0.3, -0.25) is 4.79 Å². The van der Waals surface area contributed by atoms with Crippen molar-refractivity contribution in [2.75, 3.05) is 20.2 Å².